The summed E-state index contributed by atoms with van der Waals surface area (Å²) in [4.78, 5) is 28.8. The van der Waals surface area contributed by atoms with Gasteiger partial charge in [0.2, 0.25) is 0 Å². The Bertz CT molecular complexity index is 1510. The lowest BCUT2D eigenvalue weighted by atomic mass is 10.00. The third kappa shape index (κ3) is 4.05. The molecule has 3 aromatic carbocycles. The van der Waals surface area contributed by atoms with Crippen LogP contribution in [0.4, 0.5) is 0 Å². The lowest BCUT2D eigenvalue weighted by Crippen LogP contribution is -2.45. The Balaban J connectivity index is 1.48. The zero-order valence-corrected chi connectivity index (χ0v) is 18.6. The van der Waals surface area contributed by atoms with Crippen molar-refractivity contribution >= 4 is 10.9 Å². The maximum atomic E-state index is 13.5. The molecule has 7 nitrogen and oxygen atoms in total. The summed E-state index contributed by atoms with van der Waals surface area (Å²) in [6, 6.07) is 23.9. The van der Waals surface area contributed by atoms with Crippen LogP contribution in [0.2, 0.25) is 0 Å². The van der Waals surface area contributed by atoms with E-state index in [9.17, 15) is 14.7 Å². The molecule has 0 saturated heterocycles. The summed E-state index contributed by atoms with van der Waals surface area (Å²) in [5.41, 5.74) is 3.14. The first-order valence-corrected chi connectivity index (χ1v) is 11.3. The molecule has 0 spiro atoms. The third-order valence-corrected chi connectivity index (χ3v) is 6.37. The summed E-state index contributed by atoms with van der Waals surface area (Å²) in [6.45, 7) is 1.81. The van der Waals surface area contributed by atoms with Crippen molar-refractivity contribution in [3.63, 3.8) is 0 Å². The molecule has 2 heterocycles. The van der Waals surface area contributed by atoms with Crippen molar-refractivity contribution in [1.29, 1.82) is 5.26 Å². The van der Waals surface area contributed by atoms with Gasteiger partial charge in [-0.05, 0) is 53.9 Å². The largest absolute Gasteiger partial charge is 0.390 e. The van der Waals surface area contributed by atoms with Gasteiger partial charge in [0.25, 0.3) is 5.56 Å². The highest BCUT2D eigenvalue weighted by molar-refractivity contribution is 5.79. The summed E-state index contributed by atoms with van der Waals surface area (Å²) in [5.74, 6) is 0. The number of para-hydroxylation sites is 1. The van der Waals surface area contributed by atoms with Gasteiger partial charge >= 0.3 is 5.69 Å². The number of benzene rings is 3. The van der Waals surface area contributed by atoms with Crippen LogP contribution in [0.3, 0.4) is 0 Å². The van der Waals surface area contributed by atoms with Gasteiger partial charge in [-0.15, -0.1) is 0 Å². The predicted octanol–water partition coefficient (Wildman–Crippen LogP) is 2.44. The van der Waals surface area contributed by atoms with Crippen LogP contribution in [0, 0.1) is 11.3 Å². The zero-order chi connectivity index (χ0) is 23.7. The number of β-amino-alcohol motifs (C(OH)–C–C–N with tert-alkyl or cyclic N) is 1. The Labute approximate surface area is 196 Å². The van der Waals surface area contributed by atoms with E-state index >= 15 is 0 Å². The van der Waals surface area contributed by atoms with Gasteiger partial charge in [0.15, 0.2) is 0 Å². The van der Waals surface area contributed by atoms with E-state index in [1.165, 1.54) is 15.7 Å². The summed E-state index contributed by atoms with van der Waals surface area (Å²) < 4.78 is 2.57. The minimum absolute atomic E-state index is 0.100. The van der Waals surface area contributed by atoms with Crippen LogP contribution >= 0.6 is 0 Å². The Kier molecular flexibility index (Phi) is 5.84. The van der Waals surface area contributed by atoms with Crippen molar-refractivity contribution in [2.75, 3.05) is 13.1 Å². The molecule has 1 aliphatic rings. The van der Waals surface area contributed by atoms with Crippen molar-refractivity contribution in [2.24, 2.45) is 0 Å². The van der Waals surface area contributed by atoms with Crippen molar-refractivity contribution in [1.82, 2.24) is 14.0 Å². The maximum Gasteiger partial charge on any atom is 0.336 e. The molecular formula is C27H24N4O3. The second-order valence-electron chi connectivity index (χ2n) is 8.62. The monoisotopic (exact) mass is 452 g/mol. The van der Waals surface area contributed by atoms with E-state index in [0.717, 1.165) is 24.1 Å². The molecule has 1 N–H and O–H groups in total. The van der Waals surface area contributed by atoms with Gasteiger partial charge in [0, 0.05) is 19.6 Å². The average Bonchev–Trinajstić information content (AvgIpc) is 2.87. The van der Waals surface area contributed by atoms with E-state index in [1.807, 2.05) is 12.1 Å². The fourth-order valence-corrected chi connectivity index (χ4v) is 4.68. The Hall–Kier alpha value is -3.99. The van der Waals surface area contributed by atoms with E-state index in [2.05, 4.69) is 23.1 Å². The Morgan fingerprint density at radius 1 is 0.912 bits per heavy atom. The number of aliphatic hydroxyl groups excluding tert-OH is 1. The second kappa shape index (κ2) is 9.10. The van der Waals surface area contributed by atoms with Crippen LogP contribution in [0.15, 0.2) is 82.4 Å². The fourth-order valence-electron chi connectivity index (χ4n) is 4.68. The Morgan fingerprint density at radius 2 is 1.62 bits per heavy atom. The molecule has 1 unspecified atom stereocenters. The van der Waals surface area contributed by atoms with Crippen molar-refractivity contribution in [2.45, 2.75) is 25.6 Å². The topological polar surface area (TPSA) is 91.3 Å². The van der Waals surface area contributed by atoms with E-state index in [1.54, 1.807) is 48.5 Å². The highest BCUT2D eigenvalue weighted by Gasteiger charge is 2.21. The van der Waals surface area contributed by atoms with Crippen LogP contribution < -0.4 is 11.2 Å². The molecule has 0 bridgehead atoms. The van der Waals surface area contributed by atoms with Crippen LogP contribution in [0.1, 0.15) is 16.7 Å². The Morgan fingerprint density at radius 3 is 2.38 bits per heavy atom. The lowest BCUT2D eigenvalue weighted by molar-refractivity contribution is 0.0899. The zero-order valence-electron chi connectivity index (χ0n) is 18.6. The molecule has 5 rings (SSSR count). The van der Waals surface area contributed by atoms with Gasteiger partial charge in [-0.3, -0.25) is 18.8 Å². The molecule has 1 aliphatic heterocycles. The van der Waals surface area contributed by atoms with E-state index in [0.29, 0.717) is 28.7 Å². The van der Waals surface area contributed by atoms with Gasteiger partial charge in [-0.1, -0.05) is 36.4 Å². The number of nitriles is 1. The molecule has 7 heteroatoms. The first-order valence-electron chi connectivity index (χ1n) is 11.3. The molecule has 0 fully saturated rings. The fraction of sp³-hybridized carbons (Fsp3) is 0.222. The van der Waals surface area contributed by atoms with E-state index < -0.39 is 17.4 Å². The standard InChI is InChI=1S/C27H24N4O3/c28-15-19-9-11-22(12-10-19)31-25-8-4-3-7-24(25)26(33)30(27(31)34)18-23(32)17-29-14-13-20-5-1-2-6-21(20)16-29/h1-12,23,32H,13-14,16-18H2. The van der Waals surface area contributed by atoms with E-state index in [4.69, 9.17) is 5.26 Å². The van der Waals surface area contributed by atoms with Crippen LogP contribution in [0.5, 0.6) is 0 Å². The maximum absolute atomic E-state index is 13.5. The summed E-state index contributed by atoms with van der Waals surface area (Å²) >= 11 is 0. The highest BCUT2D eigenvalue weighted by Crippen LogP contribution is 2.19. The average molecular weight is 453 g/mol. The second-order valence-corrected chi connectivity index (χ2v) is 8.62. The number of fused-ring (bicyclic) bond motifs is 2. The summed E-state index contributed by atoms with van der Waals surface area (Å²) in [7, 11) is 0. The SMILES string of the molecule is N#Cc1ccc(-n2c(=O)n(CC(O)CN3CCc4ccccc4C3)c(=O)c3ccccc32)cc1. The molecule has 0 amide bonds. The smallest absolute Gasteiger partial charge is 0.336 e. The molecule has 0 aliphatic carbocycles. The first-order chi connectivity index (χ1) is 16.5. The van der Waals surface area contributed by atoms with Crippen LogP contribution in [-0.2, 0) is 19.5 Å². The molecule has 4 aromatic rings. The molecule has 1 atom stereocenters. The van der Waals surface area contributed by atoms with Gasteiger partial charge < -0.3 is 5.11 Å². The highest BCUT2D eigenvalue weighted by atomic mass is 16.3. The molecular weight excluding hydrogens is 428 g/mol. The molecule has 1 aromatic heterocycles. The van der Waals surface area contributed by atoms with Gasteiger partial charge in [0.05, 0.1) is 40.9 Å². The number of nitrogens with zero attached hydrogens (tertiary/aromatic N) is 4. The summed E-state index contributed by atoms with van der Waals surface area (Å²) in [5, 5.41) is 20.4. The first kappa shape index (κ1) is 21.8. The quantitative estimate of drug-likeness (QED) is 0.502. The molecule has 170 valence electrons. The molecule has 34 heavy (non-hydrogen) atoms. The minimum atomic E-state index is -0.883. The molecule has 0 radical (unpaired) electrons. The number of hydrogen-bond donors (Lipinski definition) is 1. The van der Waals surface area contributed by atoms with E-state index in [-0.39, 0.29) is 6.54 Å². The van der Waals surface area contributed by atoms with Crippen LogP contribution in [0.25, 0.3) is 16.6 Å². The van der Waals surface area contributed by atoms with Crippen molar-refractivity contribution in [3.05, 3.63) is 110 Å². The molecule has 0 saturated carbocycles. The number of rotatable bonds is 5. The number of aromatic nitrogens is 2. The number of hydrogen-bond acceptors (Lipinski definition) is 5. The normalized spacial score (nSPS) is 14.5. The third-order valence-electron chi connectivity index (χ3n) is 6.37. The summed E-state index contributed by atoms with van der Waals surface area (Å²) in [6.07, 6.45) is 0.0239. The predicted molar refractivity (Wildman–Crippen MR) is 130 cm³/mol. The van der Waals surface area contributed by atoms with Gasteiger partial charge in [0.1, 0.15) is 0 Å². The lowest BCUT2D eigenvalue weighted by Gasteiger charge is -2.30. The van der Waals surface area contributed by atoms with Crippen molar-refractivity contribution in [3.8, 4) is 11.8 Å². The number of aliphatic hydroxyl groups is 1. The van der Waals surface area contributed by atoms with Gasteiger partial charge in [-0.25, -0.2) is 4.79 Å². The van der Waals surface area contributed by atoms with Crippen molar-refractivity contribution < 1.29 is 5.11 Å². The minimum Gasteiger partial charge on any atom is -0.390 e. The van der Waals surface area contributed by atoms with Crippen LogP contribution in [-0.4, -0.2) is 38.3 Å². The van der Waals surface area contributed by atoms with Gasteiger partial charge in [-0.2, -0.15) is 5.26 Å².